The molecule has 0 radical (unpaired) electrons. The van der Waals surface area contributed by atoms with Crippen LogP contribution in [-0.2, 0) is 19.0 Å². The average Bonchev–Trinajstić information content (AvgIpc) is 2.96. The van der Waals surface area contributed by atoms with Crippen molar-refractivity contribution in [2.24, 2.45) is 0 Å². The zero-order chi connectivity index (χ0) is 18.6. The van der Waals surface area contributed by atoms with E-state index in [1.165, 1.54) is 0 Å². The molecule has 1 saturated heterocycles. The van der Waals surface area contributed by atoms with E-state index in [4.69, 9.17) is 18.9 Å². The number of methoxy groups -OCH3 is 3. The van der Waals surface area contributed by atoms with Gasteiger partial charge in [0.05, 0.1) is 18.4 Å². The summed E-state index contributed by atoms with van der Waals surface area (Å²) in [5.74, 6) is 0.314. The lowest BCUT2D eigenvalue weighted by atomic mass is 10.0. The summed E-state index contributed by atoms with van der Waals surface area (Å²) in [6, 6.07) is 7.29. The predicted molar refractivity (Wildman–Crippen MR) is 95.4 cm³/mol. The molecule has 6 nitrogen and oxygen atoms in total. The lowest BCUT2D eigenvalue weighted by Crippen LogP contribution is -2.30. The van der Waals surface area contributed by atoms with Gasteiger partial charge in [-0.1, -0.05) is 12.1 Å². The van der Waals surface area contributed by atoms with Crippen molar-refractivity contribution >= 4 is 11.5 Å². The molecule has 1 aromatic carbocycles. The summed E-state index contributed by atoms with van der Waals surface area (Å²) >= 11 is 0. The van der Waals surface area contributed by atoms with Gasteiger partial charge in [0.25, 0.3) is 0 Å². The molecule has 1 fully saturated rings. The first-order chi connectivity index (χ1) is 11.8. The molecule has 0 spiro atoms. The third-order valence-electron chi connectivity index (χ3n) is 3.92. The summed E-state index contributed by atoms with van der Waals surface area (Å²) in [5, 5.41) is 3.25. The van der Waals surface area contributed by atoms with E-state index in [0.717, 1.165) is 11.3 Å². The van der Waals surface area contributed by atoms with Crippen molar-refractivity contribution in [3.63, 3.8) is 0 Å². The van der Waals surface area contributed by atoms with Crippen LogP contribution in [0.2, 0.25) is 0 Å². The van der Waals surface area contributed by atoms with Gasteiger partial charge >= 0.3 is 5.97 Å². The molecular weight excluding hydrogens is 322 g/mol. The van der Waals surface area contributed by atoms with Crippen LogP contribution in [-0.4, -0.2) is 51.7 Å². The van der Waals surface area contributed by atoms with Gasteiger partial charge in [0.15, 0.2) is 0 Å². The summed E-state index contributed by atoms with van der Waals surface area (Å²) in [6.07, 6.45) is -0.537. The lowest BCUT2D eigenvalue weighted by molar-refractivity contribution is -0.147. The molecule has 0 saturated carbocycles. The SMILES string of the molecule is COc1ccc(/C(C(=O)OC(C)(C)C)=C2\NC[C@H](OC)[C@H]2OC)cc1. The lowest BCUT2D eigenvalue weighted by Gasteiger charge is -2.23. The van der Waals surface area contributed by atoms with Crippen molar-refractivity contribution in [2.75, 3.05) is 27.9 Å². The van der Waals surface area contributed by atoms with Crippen LogP contribution in [0.15, 0.2) is 30.0 Å². The highest BCUT2D eigenvalue weighted by atomic mass is 16.6. The van der Waals surface area contributed by atoms with Gasteiger partial charge in [-0.2, -0.15) is 0 Å². The summed E-state index contributed by atoms with van der Waals surface area (Å²) in [6.45, 7) is 6.09. The Labute approximate surface area is 149 Å². The van der Waals surface area contributed by atoms with Crippen molar-refractivity contribution in [1.29, 1.82) is 0 Å². The Kier molecular flexibility index (Phi) is 6.08. The van der Waals surface area contributed by atoms with E-state index in [1.54, 1.807) is 21.3 Å². The fourth-order valence-electron chi connectivity index (χ4n) is 2.78. The van der Waals surface area contributed by atoms with Crippen LogP contribution >= 0.6 is 0 Å². The van der Waals surface area contributed by atoms with Crippen LogP contribution in [0.25, 0.3) is 5.57 Å². The molecule has 0 unspecified atom stereocenters. The van der Waals surface area contributed by atoms with Crippen LogP contribution < -0.4 is 10.1 Å². The maximum atomic E-state index is 12.9. The smallest absolute Gasteiger partial charge is 0.341 e. The third kappa shape index (κ3) is 4.52. The number of esters is 1. The second-order valence-electron chi connectivity index (χ2n) is 6.83. The Morgan fingerprint density at radius 3 is 2.20 bits per heavy atom. The third-order valence-corrected chi connectivity index (χ3v) is 3.92. The zero-order valence-electron chi connectivity index (χ0n) is 15.7. The minimum absolute atomic E-state index is 0.171. The number of ether oxygens (including phenoxy) is 4. The average molecular weight is 349 g/mol. The molecule has 2 rings (SSSR count). The van der Waals surface area contributed by atoms with Gasteiger partial charge in [0, 0.05) is 20.8 Å². The van der Waals surface area contributed by atoms with Crippen molar-refractivity contribution in [1.82, 2.24) is 5.32 Å². The molecule has 0 aromatic heterocycles. The molecule has 0 aliphatic carbocycles. The molecule has 1 heterocycles. The van der Waals surface area contributed by atoms with Gasteiger partial charge in [0.1, 0.15) is 23.6 Å². The molecule has 1 aromatic rings. The number of hydrogen-bond acceptors (Lipinski definition) is 6. The van der Waals surface area contributed by atoms with E-state index < -0.39 is 11.6 Å². The molecule has 6 heteroatoms. The number of rotatable bonds is 5. The first-order valence-corrected chi connectivity index (χ1v) is 8.22. The molecule has 1 aliphatic heterocycles. The van der Waals surface area contributed by atoms with Gasteiger partial charge < -0.3 is 24.3 Å². The summed E-state index contributed by atoms with van der Waals surface area (Å²) in [7, 11) is 4.83. The highest BCUT2D eigenvalue weighted by Crippen LogP contribution is 2.30. The van der Waals surface area contributed by atoms with Crippen molar-refractivity contribution in [3.05, 3.63) is 35.5 Å². The van der Waals surface area contributed by atoms with Crippen molar-refractivity contribution < 1.29 is 23.7 Å². The van der Waals surface area contributed by atoms with Gasteiger partial charge in [-0.05, 0) is 38.5 Å². The Balaban J connectivity index is 2.51. The molecule has 1 N–H and O–H groups in total. The molecule has 138 valence electrons. The van der Waals surface area contributed by atoms with Gasteiger partial charge in [0.2, 0.25) is 0 Å². The minimum Gasteiger partial charge on any atom is -0.497 e. The largest absolute Gasteiger partial charge is 0.497 e. The van der Waals surface area contributed by atoms with Crippen LogP contribution in [0.5, 0.6) is 5.75 Å². The van der Waals surface area contributed by atoms with Crippen LogP contribution in [0.4, 0.5) is 0 Å². The Hall–Kier alpha value is -2.05. The molecule has 2 atom stereocenters. The van der Waals surface area contributed by atoms with E-state index in [2.05, 4.69) is 5.32 Å². The highest BCUT2D eigenvalue weighted by Gasteiger charge is 2.37. The molecule has 0 bridgehead atoms. The Morgan fingerprint density at radius 2 is 1.72 bits per heavy atom. The Bertz CT molecular complexity index is 630. The zero-order valence-corrected chi connectivity index (χ0v) is 15.7. The molecular formula is C19H27NO5. The fourth-order valence-corrected chi connectivity index (χ4v) is 2.78. The highest BCUT2D eigenvalue weighted by molar-refractivity contribution is 6.17. The van der Waals surface area contributed by atoms with E-state index in [9.17, 15) is 4.79 Å². The standard InChI is InChI=1S/C19H27NO5/c1-19(2,3)25-18(21)15(12-7-9-13(22-4)10-8-12)16-17(24-6)14(23-5)11-20-16/h7-10,14,17,20H,11H2,1-6H3/b16-15+/t14-,17+/m0/s1. The normalized spacial score (nSPS) is 22.3. The second kappa shape index (κ2) is 7.89. The number of hydrogen-bond donors (Lipinski definition) is 1. The minimum atomic E-state index is -0.600. The van der Waals surface area contributed by atoms with Crippen LogP contribution in [0, 0.1) is 0 Å². The second-order valence-corrected chi connectivity index (χ2v) is 6.83. The summed E-state index contributed by atoms with van der Waals surface area (Å²) in [4.78, 5) is 12.9. The molecule has 25 heavy (non-hydrogen) atoms. The molecule has 1 aliphatic rings. The van der Waals surface area contributed by atoms with E-state index in [-0.39, 0.29) is 12.2 Å². The monoisotopic (exact) mass is 349 g/mol. The maximum Gasteiger partial charge on any atom is 0.341 e. The predicted octanol–water partition coefficient (Wildman–Crippen LogP) is 2.38. The Morgan fingerprint density at radius 1 is 1.08 bits per heavy atom. The topological polar surface area (TPSA) is 66.0 Å². The summed E-state index contributed by atoms with van der Waals surface area (Å²) in [5.41, 5.74) is 1.26. The van der Waals surface area contributed by atoms with Crippen LogP contribution in [0.1, 0.15) is 26.3 Å². The number of nitrogens with one attached hydrogen (secondary N) is 1. The van der Waals surface area contributed by atoms with Gasteiger partial charge in [-0.3, -0.25) is 0 Å². The van der Waals surface area contributed by atoms with Gasteiger partial charge in [-0.15, -0.1) is 0 Å². The van der Waals surface area contributed by atoms with E-state index in [1.807, 2.05) is 45.0 Å². The first kappa shape index (κ1) is 19.3. The van der Waals surface area contributed by atoms with Crippen molar-refractivity contribution in [3.8, 4) is 5.75 Å². The number of carbonyl (C=O) groups is 1. The van der Waals surface area contributed by atoms with Crippen molar-refractivity contribution in [2.45, 2.75) is 38.6 Å². The van der Waals surface area contributed by atoms with E-state index in [0.29, 0.717) is 17.8 Å². The van der Waals surface area contributed by atoms with E-state index >= 15 is 0 Å². The van der Waals surface area contributed by atoms with Gasteiger partial charge in [-0.25, -0.2) is 4.79 Å². The first-order valence-electron chi connectivity index (χ1n) is 8.22. The molecule has 0 amide bonds. The fraction of sp³-hybridized carbons (Fsp3) is 0.526. The number of carbonyl (C=O) groups excluding carboxylic acids is 1. The maximum absolute atomic E-state index is 12.9. The summed E-state index contributed by atoms with van der Waals surface area (Å²) < 4.78 is 21.9. The van der Waals surface area contributed by atoms with Crippen LogP contribution in [0.3, 0.4) is 0 Å². The number of benzene rings is 1. The quantitative estimate of drug-likeness (QED) is 0.650.